The van der Waals surface area contributed by atoms with Crippen LogP contribution in [0.15, 0.2) is 140 Å². The number of hydrogen-bond acceptors (Lipinski definition) is 7. The zero-order chi connectivity index (χ0) is 33.4. The number of ether oxygens (including phenoxy) is 2. The van der Waals surface area contributed by atoms with Gasteiger partial charge >= 0.3 is 0 Å². The van der Waals surface area contributed by atoms with Gasteiger partial charge in [0, 0.05) is 37.3 Å². The predicted octanol–water partition coefficient (Wildman–Crippen LogP) is 7.62. The average molecular weight is 651 g/mol. The molecule has 2 heterocycles. The molecule has 1 saturated heterocycles. The Kier molecular flexibility index (Phi) is 10.1. The van der Waals surface area contributed by atoms with Crippen molar-refractivity contribution in [3.63, 3.8) is 0 Å². The van der Waals surface area contributed by atoms with Crippen LogP contribution in [0.4, 0.5) is 5.69 Å². The Morgan fingerprint density at radius 2 is 1.33 bits per heavy atom. The van der Waals surface area contributed by atoms with Gasteiger partial charge in [0.25, 0.3) is 5.91 Å². The SMILES string of the molecule is O=C(Nc1ccc([C@@H]2O[C@H](CN(Cc3ccccc3)Cc3ccccc3)C[C@H](c3ccc(CO)cc3)O2)cc1)c1cnc2ccccc2n1. The minimum atomic E-state index is -0.618. The molecule has 0 spiro atoms. The Labute approximate surface area is 286 Å². The van der Waals surface area contributed by atoms with E-state index in [1.807, 2.05) is 84.9 Å². The van der Waals surface area contributed by atoms with Crippen LogP contribution in [0.1, 0.15) is 57.1 Å². The topological polar surface area (TPSA) is 96.8 Å². The number of nitrogens with zero attached hydrogens (tertiary/aromatic N) is 3. The summed E-state index contributed by atoms with van der Waals surface area (Å²) >= 11 is 0. The van der Waals surface area contributed by atoms with E-state index in [2.05, 4.69) is 68.7 Å². The molecule has 7 rings (SSSR count). The molecule has 1 amide bonds. The molecule has 246 valence electrons. The zero-order valence-corrected chi connectivity index (χ0v) is 27.1. The summed E-state index contributed by atoms with van der Waals surface area (Å²) in [7, 11) is 0. The lowest BCUT2D eigenvalue weighted by Gasteiger charge is -2.38. The van der Waals surface area contributed by atoms with Crippen molar-refractivity contribution in [1.29, 1.82) is 0 Å². The highest BCUT2D eigenvalue weighted by molar-refractivity contribution is 6.03. The highest BCUT2D eigenvalue weighted by Crippen LogP contribution is 2.38. The summed E-state index contributed by atoms with van der Waals surface area (Å²) in [5, 5.41) is 12.5. The van der Waals surface area contributed by atoms with Crippen molar-refractivity contribution >= 4 is 22.6 Å². The van der Waals surface area contributed by atoms with Gasteiger partial charge in [-0.15, -0.1) is 0 Å². The molecular formula is C41H38N4O4. The molecule has 1 aliphatic heterocycles. The second-order valence-electron chi connectivity index (χ2n) is 12.3. The Morgan fingerprint density at radius 1 is 0.714 bits per heavy atom. The molecule has 2 N–H and O–H groups in total. The fraction of sp³-hybridized carbons (Fsp3) is 0.195. The summed E-state index contributed by atoms with van der Waals surface area (Å²) < 4.78 is 13.3. The fourth-order valence-electron chi connectivity index (χ4n) is 6.17. The molecule has 8 heteroatoms. The normalized spacial score (nSPS) is 17.6. The first-order chi connectivity index (χ1) is 24.1. The number of benzene rings is 5. The van der Waals surface area contributed by atoms with E-state index in [1.165, 1.54) is 17.3 Å². The summed E-state index contributed by atoms with van der Waals surface area (Å²) in [6.45, 7) is 2.26. The zero-order valence-electron chi connectivity index (χ0n) is 27.1. The van der Waals surface area contributed by atoms with Crippen LogP contribution in [-0.4, -0.2) is 38.5 Å². The van der Waals surface area contributed by atoms with E-state index in [9.17, 15) is 9.90 Å². The third-order valence-corrected chi connectivity index (χ3v) is 8.70. The van der Waals surface area contributed by atoms with Crippen LogP contribution in [-0.2, 0) is 29.2 Å². The van der Waals surface area contributed by atoms with Crippen LogP contribution < -0.4 is 5.32 Å². The minimum absolute atomic E-state index is 0.00950. The summed E-state index contributed by atoms with van der Waals surface area (Å²) in [4.78, 5) is 24.3. The van der Waals surface area contributed by atoms with Crippen molar-refractivity contribution in [3.05, 3.63) is 173 Å². The third kappa shape index (κ3) is 8.25. The van der Waals surface area contributed by atoms with E-state index in [-0.39, 0.29) is 30.4 Å². The number of hydrogen-bond donors (Lipinski definition) is 2. The quantitative estimate of drug-likeness (QED) is 0.149. The highest BCUT2D eigenvalue weighted by Gasteiger charge is 2.33. The molecular weight excluding hydrogens is 612 g/mol. The van der Waals surface area contributed by atoms with Crippen LogP contribution >= 0.6 is 0 Å². The van der Waals surface area contributed by atoms with Gasteiger partial charge in [0.05, 0.1) is 36.0 Å². The lowest BCUT2D eigenvalue weighted by atomic mass is 9.99. The number of aliphatic hydroxyl groups excluding tert-OH is 1. The molecule has 3 atom stereocenters. The Bertz CT molecular complexity index is 1930. The number of rotatable bonds is 11. The van der Waals surface area contributed by atoms with Crippen molar-refractivity contribution in [3.8, 4) is 0 Å². The Balaban J connectivity index is 1.10. The average Bonchev–Trinajstić information content (AvgIpc) is 3.15. The van der Waals surface area contributed by atoms with E-state index in [1.54, 1.807) is 0 Å². The molecule has 0 bridgehead atoms. The maximum Gasteiger partial charge on any atom is 0.275 e. The lowest BCUT2D eigenvalue weighted by Crippen LogP contribution is -2.39. The van der Waals surface area contributed by atoms with Gasteiger partial charge in [-0.1, -0.05) is 109 Å². The van der Waals surface area contributed by atoms with E-state index in [4.69, 9.17) is 9.47 Å². The number of carbonyl (C=O) groups excluding carboxylic acids is 1. The van der Waals surface area contributed by atoms with Crippen LogP contribution in [0.2, 0.25) is 0 Å². The van der Waals surface area contributed by atoms with Gasteiger partial charge < -0.3 is 19.9 Å². The largest absolute Gasteiger partial charge is 0.392 e. The molecule has 1 aliphatic rings. The summed E-state index contributed by atoms with van der Waals surface area (Å²) in [6, 6.07) is 43.9. The van der Waals surface area contributed by atoms with Gasteiger partial charge in [0.1, 0.15) is 5.69 Å². The Hall–Kier alpha value is -5.25. The van der Waals surface area contributed by atoms with E-state index < -0.39 is 6.29 Å². The highest BCUT2D eigenvalue weighted by atomic mass is 16.7. The molecule has 1 fully saturated rings. The first-order valence-corrected chi connectivity index (χ1v) is 16.5. The van der Waals surface area contributed by atoms with Gasteiger partial charge in [0.2, 0.25) is 0 Å². The molecule has 1 aromatic heterocycles. The van der Waals surface area contributed by atoms with E-state index in [0.29, 0.717) is 24.2 Å². The molecule has 49 heavy (non-hydrogen) atoms. The van der Waals surface area contributed by atoms with Crippen molar-refractivity contribution in [2.45, 2.75) is 44.6 Å². The number of nitrogens with one attached hydrogen (secondary N) is 1. The molecule has 5 aromatic carbocycles. The van der Waals surface area contributed by atoms with Gasteiger partial charge in [-0.25, -0.2) is 4.98 Å². The number of aromatic nitrogens is 2. The number of aliphatic hydroxyl groups is 1. The van der Waals surface area contributed by atoms with E-state index in [0.717, 1.165) is 35.3 Å². The molecule has 0 saturated carbocycles. The molecule has 0 aliphatic carbocycles. The summed E-state index contributed by atoms with van der Waals surface area (Å²) in [6.07, 6.45) is 1.21. The number of para-hydroxylation sites is 2. The van der Waals surface area contributed by atoms with E-state index >= 15 is 0 Å². The second kappa shape index (κ2) is 15.3. The van der Waals surface area contributed by atoms with Crippen molar-refractivity contribution in [1.82, 2.24) is 14.9 Å². The monoisotopic (exact) mass is 650 g/mol. The number of fused-ring (bicyclic) bond motifs is 1. The minimum Gasteiger partial charge on any atom is -0.392 e. The van der Waals surface area contributed by atoms with Gasteiger partial charge in [-0.2, -0.15) is 0 Å². The van der Waals surface area contributed by atoms with Gasteiger partial charge in [0.15, 0.2) is 6.29 Å². The fourth-order valence-corrected chi connectivity index (χ4v) is 6.17. The third-order valence-electron chi connectivity index (χ3n) is 8.70. The standard InChI is InChI=1S/C41H38N4O4/c46-28-31-15-17-32(18-16-31)39-23-35(27-45(25-29-9-3-1-4-10-29)26-30-11-5-2-6-12-30)48-41(49-39)33-19-21-34(22-20-33)43-40(47)38-24-42-36-13-7-8-14-37(36)44-38/h1-22,24,35,39,41,46H,23,25-28H2,(H,43,47)/t35-,39+,41+/m0/s1. The first-order valence-electron chi connectivity index (χ1n) is 16.5. The Morgan fingerprint density at radius 3 is 1.98 bits per heavy atom. The maximum atomic E-state index is 13.0. The van der Waals surface area contributed by atoms with Crippen LogP contribution in [0.5, 0.6) is 0 Å². The number of anilines is 1. The molecule has 6 aromatic rings. The molecule has 8 nitrogen and oxygen atoms in total. The second-order valence-corrected chi connectivity index (χ2v) is 12.3. The number of amides is 1. The van der Waals surface area contributed by atoms with Crippen LogP contribution in [0, 0.1) is 0 Å². The van der Waals surface area contributed by atoms with Crippen LogP contribution in [0.25, 0.3) is 11.0 Å². The maximum absolute atomic E-state index is 13.0. The number of carbonyl (C=O) groups is 1. The van der Waals surface area contributed by atoms with Gasteiger partial charge in [-0.05, 0) is 46.5 Å². The van der Waals surface area contributed by atoms with Crippen LogP contribution in [0.3, 0.4) is 0 Å². The molecule has 0 unspecified atom stereocenters. The van der Waals surface area contributed by atoms with Gasteiger partial charge in [-0.3, -0.25) is 14.7 Å². The predicted molar refractivity (Wildman–Crippen MR) is 189 cm³/mol. The lowest BCUT2D eigenvalue weighted by molar-refractivity contribution is -0.253. The smallest absolute Gasteiger partial charge is 0.275 e. The van der Waals surface area contributed by atoms with Crippen molar-refractivity contribution < 1.29 is 19.4 Å². The van der Waals surface area contributed by atoms with Crippen molar-refractivity contribution in [2.75, 3.05) is 11.9 Å². The summed E-state index contributed by atoms with van der Waals surface area (Å²) in [5.41, 5.74) is 7.50. The first kappa shape index (κ1) is 32.3. The van der Waals surface area contributed by atoms with Crippen molar-refractivity contribution in [2.24, 2.45) is 0 Å². The summed E-state index contributed by atoms with van der Waals surface area (Å²) in [5.74, 6) is -0.334. The molecule has 0 radical (unpaired) electrons.